The van der Waals surface area contributed by atoms with Crippen LogP contribution in [0.15, 0.2) is 36.0 Å². The summed E-state index contributed by atoms with van der Waals surface area (Å²) in [5.74, 6) is -0.382. The first-order chi connectivity index (χ1) is 11.2. The Morgan fingerprint density at radius 3 is 3.09 bits per heavy atom. The number of morpholine rings is 1. The average molecular weight is 331 g/mol. The molecule has 0 saturated carbocycles. The lowest BCUT2D eigenvalue weighted by Crippen LogP contribution is -2.38. The Kier molecular flexibility index (Phi) is 3.59. The van der Waals surface area contributed by atoms with Crippen molar-refractivity contribution in [3.8, 4) is 5.75 Å². The molecule has 1 unspecified atom stereocenters. The van der Waals surface area contributed by atoms with Crippen LogP contribution in [0.25, 0.3) is 10.9 Å². The zero-order chi connectivity index (χ0) is 15.8. The molecule has 1 aliphatic heterocycles. The van der Waals surface area contributed by atoms with E-state index in [0.717, 1.165) is 0 Å². The van der Waals surface area contributed by atoms with Crippen molar-refractivity contribution in [2.75, 3.05) is 24.6 Å². The number of halogens is 1. The molecule has 2 aromatic heterocycles. The Morgan fingerprint density at radius 1 is 1.35 bits per heavy atom. The number of thiophene rings is 1. The van der Waals surface area contributed by atoms with Gasteiger partial charge in [0, 0.05) is 22.9 Å². The first-order valence-electron chi connectivity index (χ1n) is 7.25. The highest BCUT2D eigenvalue weighted by Crippen LogP contribution is 2.32. The summed E-state index contributed by atoms with van der Waals surface area (Å²) in [4.78, 5) is 11.7. The Hall–Kier alpha value is -2.25. The number of nitrogens with zero attached hydrogens (tertiary/aromatic N) is 3. The number of benzene rings is 1. The normalized spacial score (nSPS) is 18.5. The number of ether oxygens (including phenoxy) is 1. The zero-order valence-electron chi connectivity index (χ0n) is 12.1. The van der Waals surface area contributed by atoms with Gasteiger partial charge in [-0.3, -0.25) is 0 Å². The van der Waals surface area contributed by atoms with Crippen molar-refractivity contribution in [2.45, 2.75) is 6.10 Å². The Morgan fingerprint density at radius 2 is 2.26 bits per heavy atom. The van der Waals surface area contributed by atoms with Crippen molar-refractivity contribution in [1.82, 2.24) is 9.97 Å². The summed E-state index contributed by atoms with van der Waals surface area (Å²) in [7, 11) is 0. The van der Waals surface area contributed by atoms with Crippen LogP contribution in [0.3, 0.4) is 0 Å². The van der Waals surface area contributed by atoms with Crippen molar-refractivity contribution < 1.29 is 14.2 Å². The Bertz CT molecular complexity index is 841. The van der Waals surface area contributed by atoms with Gasteiger partial charge in [0.05, 0.1) is 18.7 Å². The summed E-state index contributed by atoms with van der Waals surface area (Å²) in [6, 6.07) is 6.67. The maximum atomic E-state index is 13.5. The smallest absolute Gasteiger partial charge is 0.166 e. The molecule has 5 nitrogen and oxygen atoms in total. The van der Waals surface area contributed by atoms with E-state index in [2.05, 4.69) is 20.9 Å². The predicted octanol–water partition coefficient (Wildman–Crippen LogP) is 3.11. The van der Waals surface area contributed by atoms with E-state index < -0.39 is 11.6 Å². The minimum absolute atomic E-state index is 0.0113. The molecule has 1 aliphatic rings. The Balaban J connectivity index is 1.72. The van der Waals surface area contributed by atoms with Gasteiger partial charge < -0.3 is 14.7 Å². The number of rotatable bonds is 2. The molecule has 0 bridgehead atoms. The van der Waals surface area contributed by atoms with Gasteiger partial charge in [0.15, 0.2) is 11.6 Å². The molecule has 3 heterocycles. The van der Waals surface area contributed by atoms with Crippen molar-refractivity contribution in [3.63, 3.8) is 0 Å². The maximum absolute atomic E-state index is 13.5. The fourth-order valence-electron chi connectivity index (χ4n) is 2.79. The van der Waals surface area contributed by atoms with Gasteiger partial charge in [0.1, 0.15) is 18.2 Å². The molecule has 1 atom stereocenters. The van der Waals surface area contributed by atoms with Crippen LogP contribution < -0.4 is 4.90 Å². The number of anilines is 1. The molecule has 1 fully saturated rings. The fourth-order valence-corrected chi connectivity index (χ4v) is 3.56. The van der Waals surface area contributed by atoms with E-state index in [-0.39, 0.29) is 6.10 Å². The zero-order valence-corrected chi connectivity index (χ0v) is 13.0. The van der Waals surface area contributed by atoms with Crippen molar-refractivity contribution >= 4 is 28.1 Å². The van der Waals surface area contributed by atoms with Crippen LogP contribution in [0.2, 0.25) is 0 Å². The van der Waals surface area contributed by atoms with E-state index in [1.54, 1.807) is 11.3 Å². The molecule has 0 amide bonds. The van der Waals surface area contributed by atoms with E-state index in [1.807, 2.05) is 11.4 Å². The Labute approximate surface area is 136 Å². The summed E-state index contributed by atoms with van der Waals surface area (Å²) in [5.41, 5.74) is 0.476. The highest BCUT2D eigenvalue weighted by atomic mass is 32.1. The number of phenolic OH excluding ortho intramolecular Hbond substituents is 1. The number of aromatic nitrogens is 2. The van der Waals surface area contributed by atoms with E-state index >= 15 is 0 Å². The van der Waals surface area contributed by atoms with E-state index in [4.69, 9.17) is 4.74 Å². The molecule has 4 rings (SSSR count). The molecule has 118 valence electrons. The number of hydrogen-bond donors (Lipinski definition) is 1. The highest BCUT2D eigenvalue weighted by Gasteiger charge is 2.25. The van der Waals surface area contributed by atoms with Gasteiger partial charge in [-0.15, -0.1) is 11.3 Å². The van der Waals surface area contributed by atoms with Crippen molar-refractivity contribution in [2.24, 2.45) is 0 Å². The SMILES string of the molecule is Oc1cc2c(N3CCOC(c4cccs4)C3)ncnc2cc1F. The van der Waals surface area contributed by atoms with Gasteiger partial charge in [-0.1, -0.05) is 6.07 Å². The lowest BCUT2D eigenvalue weighted by molar-refractivity contribution is 0.0419. The third-order valence-corrected chi connectivity index (χ3v) is 4.87. The largest absolute Gasteiger partial charge is 0.505 e. The van der Waals surface area contributed by atoms with Crippen LogP contribution in [0.5, 0.6) is 5.75 Å². The monoisotopic (exact) mass is 331 g/mol. The van der Waals surface area contributed by atoms with E-state index in [0.29, 0.717) is 36.4 Å². The standard InChI is InChI=1S/C16H14FN3O2S/c17-11-7-12-10(6-13(11)21)16(19-9-18-12)20-3-4-22-14(8-20)15-2-1-5-23-15/h1-2,5-7,9,14,21H,3-4,8H2. The quantitative estimate of drug-likeness (QED) is 0.782. The number of fused-ring (bicyclic) bond motifs is 1. The van der Waals surface area contributed by atoms with Gasteiger partial charge in [-0.05, 0) is 17.5 Å². The van der Waals surface area contributed by atoms with Crippen LogP contribution in [0.4, 0.5) is 10.2 Å². The molecule has 1 saturated heterocycles. The second-order valence-corrected chi connectivity index (χ2v) is 6.32. The van der Waals surface area contributed by atoms with Gasteiger partial charge in [0.2, 0.25) is 0 Å². The first kappa shape index (κ1) is 14.3. The second-order valence-electron chi connectivity index (χ2n) is 5.34. The summed E-state index contributed by atoms with van der Waals surface area (Å²) in [5, 5.41) is 12.3. The molecule has 7 heteroatoms. The van der Waals surface area contributed by atoms with E-state index in [9.17, 15) is 9.50 Å². The summed E-state index contributed by atoms with van der Waals surface area (Å²) < 4.78 is 19.4. The van der Waals surface area contributed by atoms with Crippen LogP contribution in [0.1, 0.15) is 11.0 Å². The number of hydrogen-bond acceptors (Lipinski definition) is 6. The van der Waals surface area contributed by atoms with Crippen LogP contribution >= 0.6 is 11.3 Å². The summed E-state index contributed by atoms with van der Waals surface area (Å²) in [6.07, 6.45) is 1.41. The molecule has 1 N–H and O–H groups in total. The minimum Gasteiger partial charge on any atom is -0.505 e. The summed E-state index contributed by atoms with van der Waals surface area (Å²) in [6.45, 7) is 1.93. The number of phenols is 1. The maximum Gasteiger partial charge on any atom is 0.166 e. The van der Waals surface area contributed by atoms with Gasteiger partial charge >= 0.3 is 0 Å². The number of aromatic hydroxyl groups is 1. The second kappa shape index (κ2) is 5.75. The third kappa shape index (κ3) is 2.62. The molecule has 0 radical (unpaired) electrons. The molecular weight excluding hydrogens is 317 g/mol. The van der Waals surface area contributed by atoms with Crippen LogP contribution in [0, 0.1) is 5.82 Å². The van der Waals surface area contributed by atoms with E-state index in [1.165, 1.54) is 23.3 Å². The lowest BCUT2D eigenvalue weighted by atomic mass is 10.1. The average Bonchev–Trinajstić information content (AvgIpc) is 3.10. The summed E-state index contributed by atoms with van der Waals surface area (Å²) >= 11 is 1.66. The van der Waals surface area contributed by atoms with Crippen molar-refractivity contribution in [3.05, 3.63) is 46.7 Å². The van der Waals surface area contributed by atoms with Gasteiger partial charge in [0.25, 0.3) is 0 Å². The molecule has 0 spiro atoms. The predicted molar refractivity (Wildman–Crippen MR) is 86.4 cm³/mol. The third-order valence-electron chi connectivity index (χ3n) is 3.91. The minimum atomic E-state index is -0.680. The molecule has 23 heavy (non-hydrogen) atoms. The van der Waals surface area contributed by atoms with Gasteiger partial charge in [-0.2, -0.15) is 0 Å². The molecular formula is C16H14FN3O2S. The van der Waals surface area contributed by atoms with Crippen LogP contribution in [-0.2, 0) is 4.74 Å². The molecule has 0 aliphatic carbocycles. The highest BCUT2D eigenvalue weighted by molar-refractivity contribution is 7.10. The topological polar surface area (TPSA) is 58.5 Å². The lowest BCUT2D eigenvalue weighted by Gasteiger charge is -2.33. The molecule has 3 aromatic rings. The fraction of sp³-hybridized carbons (Fsp3) is 0.250. The van der Waals surface area contributed by atoms with Gasteiger partial charge in [-0.25, -0.2) is 14.4 Å². The molecule has 1 aromatic carbocycles. The van der Waals surface area contributed by atoms with Crippen molar-refractivity contribution in [1.29, 1.82) is 0 Å². The van der Waals surface area contributed by atoms with Crippen LogP contribution in [-0.4, -0.2) is 34.8 Å². The first-order valence-corrected chi connectivity index (χ1v) is 8.13.